The van der Waals surface area contributed by atoms with Gasteiger partial charge in [-0.2, -0.15) is 8.42 Å². The predicted molar refractivity (Wildman–Crippen MR) is 202 cm³/mol. The van der Waals surface area contributed by atoms with Crippen LogP contribution in [-0.4, -0.2) is 39.9 Å². The summed E-state index contributed by atoms with van der Waals surface area (Å²) in [5.74, 6) is -4.89. The molecule has 2 unspecified atom stereocenters. The number of carbonyl (C=O) groups is 2. The molecule has 0 aromatic rings. The molecule has 49 heavy (non-hydrogen) atoms. The molecule has 0 rings (SSSR count). The molecule has 0 saturated heterocycles. The Morgan fingerprint density at radius 3 is 0.959 bits per heavy atom. The van der Waals surface area contributed by atoms with Crippen LogP contribution in [0.1, 0.15) is 234 Å². The maximum absolute atomic E-state index is 12.5. The van der Waals surface area contributed by atoms with Gasteiger partial charge in [-0.15, -0.1) is 0 Å². The van der Waals surface area contributed by atoms with E-state index in [0.29, 0.717) is 12.8 Å². The summed E-state index contributed by atoms with van der Waals surface area (Å²) in [7, 11) is -5.14. The van der Waals surface area contributed by atoms with E-state index in [1.54, 1.807) is 0 Å². The molecule has 0 spiro atoms. The van der Waals surface area contributed by atoms with E-state index in [4.69, 9.17) is 0 Å². The Labute approximate surface area is 326 Å². The van der Waals surface area contributed by atoms with Crippen molar-refractivity contribution >= 4 is 22.1 Å². The average molecular weight is 727 g/mol. The van der Waals surface area contributed by atoms with Crippen LogP contribution in [-0.2, 0) is 19.7 Å². The van der Waals surface area contributed by atoms with E-state index >= 15 is 0 Å². The van der Waals surface area contributed by atoms with Gasteiger partial charge in [0, 0.05) is 0 Å². The molecule has 0 aliphatic carbocycles. The summed E-state index contributed by atoms with van der Waals surface area (Å²) < 4.78 is 32.4. The van der Waals surface area contributed by atoms with Gasteiger partial charge < -0.3 is 11.6 Å². The van der Waals surface area contributed by atoms with E-state index in [1.165, 1.54) is 141 Å². The summed E-state index contributed by atoms with van der Waals surface area (Å²) >= 11 is 0. The van der Waals surface area contributed by atoms with E-state index in [9.17, 15) is 32.8 Å². The monoisotopic (exact) mass is 727 g/mol. The van der Waals surface area contributed by atoms with Crippen molar-refractivity contribution in [2.45, 2.75) is 237 Å². The third-order valence-corrected chi connectivity index (χ3v) is 12.0. The van der Waals surface area contributed by atoms with Crippen LogP contribution in [0, 0.1) is 5.92 Å². The second-order valence-electron chi connectivity index (χ2n) is 14.7. The number of unbranched alkanes of at least 4 members (excludes halogenated alkanes) is 30. The molecule has 0 aliphatic rings. The molecule has 0 heterocycles. The third-order valence-electron chi connectivity index (χ3n) is 10.4. The van der Waals surface area contributed by atoms with Crippen molar-refractivity contribution < 1.29 is 63.8 Å². The van der Waals surface area contributed by atoms with Crippen molar-refractivity contribution in [1.29, 1.82) is 0 Å². The predicted octanol–water partition coefficient (Wildman–Crippen LogP) is 9.82. The summed E-state index contributed by atoms with van der Waals surface area (Å²) in [5.41, 5.74) is 0. The minimum Gasteiger partial charge on any atom is -1.00 e. The first-order chi connectivity index (χ1) is 23.1. The zero-order valence-corrected chi connectivity index (χ0v) is 35.3. The smallest absolute Gasteiger partial charge is 1.00 e. The van der Waals surface area contributed by atoms with Crippen molar-refractivity contribution in [1.82, 2.24) is 0 Å². The topological polar surface area (TPSA) is 129 Å². The molecule has 9 heteroatoms. The first kappa shape index (κ1) is 51.0. The summed E-state index contributed by atoms with van der Waals surface area (Å²) in [4.78, 5) is 24.6. The number of aliphatic carboxylic acids is 2. The first-order valence-electron chi connectivity index (χ1n) is 20.6. The van der Waals surface area contributed by atoms with E-state index in [1.807, 2.05) is 0 Å². The van der Waals surface area contributed by atoms with Crippen molar-refractivity contribution in [2.75, 3.05) is 0 Å². The molecule has 7 nitrogen and oxygen atoms in total. The molecule has 0 radical (unpaired) electrons. The SMILES string of the molecule is CCCCCCCCCCCCCCCCCCC(C(=O)O)C(CCCCCCCCCCCCCCCCCC)(C(=O)O)S(=O)(=O)O.[H-].[Na+]. The molecule has 0 amide bonds. The summed E-state index contributed by atoms with van der Waals surface area (Å²) in [6.45, 7) is 4.49. The van der Waals surface area contributed by atoms with Gasteiger partial charge >= 0.3 is 41.5 Å². The van der Waals surface area contributed by atoms with Gasteiger partial charge in [-0.1, -0.05) is 219 Å². The van der Waals surface area contributed by atoms with Gasteiger partial charge in [0.1, 0.15) is 0 Å². The number of rotatable bonds is 38. The number of carboxylic acid groups (broad SMARTS) is 2. The van der Waals surface area contributed by atoms with Crippen LogP contribution in [0.5, 0.6) is 0 Å². The fourth-order valence-electron chi connectivity index (χ4n) is 7.24. The maximum atomic E-state index is 12.5. The van der Waals surface area contributed by atoms with Gasteiger partial charge in [0.2, 0.25) is 4.75 Å². The van der Waals surface area contributed by atoms with Crippen molar-refractivity contribution in [3.8, 4) is 0 Å². The fraction of sp³-hybridized carbons (Fsp3) is 0.950. The largest absolute Gasteiger partial charge is 1.00 e. The number of hydrogen-bond donors (Lipinski definition) is 3. The van der Waals surface area contributed by atoms with E-state index in [0.717, 1.165) is 44.9 Å². The average Bonchev–Trinajstić information content (AvgIpc) is 3.03. The standard InChI is InChI=1S/C40H78O7S.Na.H/c1-3-5-7-9-11-13-15-17-19-21-23-25-27-29-31-33-35-37(38(41)42)40(39(43)44,48(45,46)47)36-34-32-30-28-26-24-22-20-18-16-14-12-10-8-6-4-2;;/h37H,3-36H2,1-2H3,(H,41,42)(H,43,44)(H,45,46,47);;/q;+1;-1. The van der Waals surface area contributed by atoms with Crippen LogP contribution in [0.3, 0.4) is 0 Å². The van der Waals surface area contributed by atoms with Gasteiger partial charge in [-0.3, -0.25) is 14.1 Å². The molecule has 0 aliphatic heterocycles. The normalized spacial score (nSPS) is 13.5. The Hall–Kier alpha value is -0.150. The molecule has 0 bridgehead atoms. The van der Waals surface area contributed by atoms with Gasteiger partial charge in [0.15, 0.2) is 0 Å². The van der Waals surface area contributed by atoms with Gasteiger partial charge in [-0.25, -0.2) is 0 Å². The molecular weight excluding hydrogens is 647 g/mol. The second kappa shape index (κ2) is 34.9. The molecule has 0 aromatic carbocycles. The van der Waals surface area contributed by atoms with E-state index < -0.39 is 32.7 Å². The summed E-state index contributed by atoms with van der Waals surface area (Å²) in [6.07, 6.45) is 36.4. The second-order valence-corrected chi connectivity index (χ2v) is 16.4. The zero-order valence-electron chi connectivity index (χ0n) is 33.5. The molecule has 0 saturated carbocycles. The molecule has 0 fully saturated rings. The molecule has 2 atom stereocenters. The van der Waals surface area contributed by atoms with Crippen molar-refractivity contribution in [2.24, 2.45) is 5.92 Å². The van der Waals surface area contributed by atoms with Crippen molar-refractivity contribution in [3.05, 3.63) is 0 Å². The maximum Gasteiger partial charge on any atom is 1.00 e. The fourth-order valence-corrected chi connectivity index (χ4v) is 8.44. The van der Waals surface area contributed by atoms with E-state index in [-0.39, 0.29) is 50.2 Å². The first-order valence-corrected chi connectivity index (χ1v) is 22.0. The summed E-state index contributed by atoms with van der Waals surface area (Å²) in [6, 6.07) is 0. The molecule has 288 valence electrons. The molecule has 0 aromatic heterocycles. The zero-order chi connectivity index (χ0) is 35.8. The molecular formula is C40H79NaO7S. The van der Waals surface area contributed by atoms with Crippen LogP contribution in [0.25, 0.3) is 0 Å². The Bertz CT molecular complexity index is 874. The van der Waals surface area contributed by atoms with E-state index in [2.05, 4.69) is 13.8 Å². The third kappa shape index (κ3) is 26.3. The van der Waals surface area contributed by atoms with Crippen LogP contribution >= 0.6 is 0 Å². The summed E-state index contributed by atoms with van der Waals surface area (Å²) in [5, 5.41) is 20.0. The Kier molecular flexibility index (Phi) is 36.3. The van der Waals surface area contributed by atoms with Crippen LogP contribution in [0.15, 0.2) is 0 Å². The Balaban J connectivity index is -0.0000110. The van der Waals surface area contributed by atoms with Gasteiger partial charge in [0.25, 0.3) is 10.1 Å². The van der Waals surface area contributed by atoms with Gasteiger partial charge in [0.05, 0.1) is 5.92 Å². The Morgan fingerprint density at radius 2 is 0.735 bits per heavy atom. The Morgan fingerprint density at radius 1 is 0.490 bits per heavy atom. The van der Waals surface area contributed by atoms with Crippen LogP contribution in [0.2, 0.25) is 0 Å². The number of hydrogen-bond acceptors (Lipinski definition) is 4. The minimum atomic E-state index is -5.14. The molecule has 3 N–H and O–H groups in total. The van der Waals surface area contributed by atoms with Crippen LogP contribution < -0.4 is 29.6 Å². The number of carboxylic acids is 2. The van der Waals surface area contributed by atoms with Crippen molar-refractivity contribution in [3.63, 3.8) is 0 Å². The van der Waals surface area contributed by atoms with Crippen LogP contribution in [0.4, 0.5) is 0 Å². The van der Waals surface area contributed by atoms with Gasteiger partial charge in [-0.05, 0) is 12.8 Å². The quantitative estimate of drug-likeness (QED) is 0.0328. The minimum absolute atomic E-state index is 0.